The SMILES string of the molecule is O=P(O)(O)Oc1cc(Cl)cc(CNc2ncnc3c2ncn3[C@@H]2O[C@H](CO)[C@@H](O)[C@H]2O)c1. The summed E-state index contributed by atoms with van der Waals surface area (Å²) < 4.78 is 22.6. The van der Waals surface area contributed by atoms with Gasteiger partial charge in [-0.15, -0.1) is 0 Å². The number of phosphoric ester groups is 1. The van der Waals surface area contributed by atoms with Crippen LogP contribution in [0.4, 0.5) is 5.82 Å². The fourth-order valence-corrected chi connectivity index (χ4v) is 4.00. The van der Waals surface area contributed by atoms with Gasteiger partial charge in [0.25, 0.3) is 0 Å². The Bertz CT molecular complexity index is 1170. The summed E-state index contributed by atoms with van der Waals surface area (Å²) in [7, 11) is -4.74. The molecule has 0 unspecified atom stereocenters. The highest BCUT2D eigenvalue weighted by atomic mass is 35.5. The molecule has 13 nitrogen and oxygen atoms in total. The minimum atomic E-state index is -4.74. The number of hydrogen-bond acceptors (Lipinski definition) is 10. The van der Waals surface area contributed by atoms with Crippen LogP contribution in [-0.4, -0.2) is 69.5 Å². The third-order valence-electron chi connectivity index (χ3n) is 4.77. The van der Waals surface area contributed by atoms with Gasteiger partial charge in [0.05, 0.1) is 12.9 Å². The van der Waals surface area contributed by atoms with Gasteiger partial charge in [-0.2, -0.15) is 0 Å². The fourth-order valence-electron chi connectivity index (χ4n) is 3.38. The lowest BCUT2D eigenvalue weighted by Gasteiger charge is -2.16. The maximum atomic E-state index is 11.1. The molecule has 0 spiro atoms. The zero-order chi connectivity index (χ0) is 23.0. The van der Waals surface area contributed by atoms with Crippen molar-refractivity contribution in [2.24, 2.45) is 0 Å². The average Bonchev–Trinajstić information content (AvgIpc) is 3.26. The molecule has 0 radical (unpaired) electrons. The van der Waals surface area contributed by atoms with Gasteiger partial charge in [-0.1, -0.05) is 11.6 Å². The molecule has 0 amide bonds. The van der Waals surface area contributed by atoms with Crippen molar-refractivity contribution in [3.8, 4) is 5.75 Å². The standard InChI is InChI=1S/C17H19ClN5O8P/c18-9-1-8(2-10(3-9)31-32(27,28)29)4-19-15-12-16(21-6-20-15)23(7-22-12)17-14(26)13(25)11(5-24)30-17/h1-3,6-7,11,13-14,17,24-26H,4-5H2,(H,19,20,21)(H2,27,28,29)/t11-,13-,14-,17-/m1/s1. The van der Waals surface area contributed by atoms with Gasteiger partial charge >= 0.3 is 7.82 Å². The van der Waals surface area contributed by atoms with E-state index in [1.54, 1.807) is 6.07 Å². The fraction of sp³-hybridized carbons (Fsp3) is 0.353. The number of rotatable bonds is 7. The van der Waals surface area contributed by atoms with E-state index in [0.717, 1.165) is 0 Å². The summed E-state index contributed by atoms with van der Waals surface area (Å²) in [5.41, 5.74) is 1.21. The topological polar surface area (TPSA) is 192 Å². The molecular weight excluding hydrogens is 469 g/mol. The Morgan fingerprint density at radius 3 is 2.66 bits per heavy atom. The zero-order valence-electron chi connectivity index (χ0n) is 16.2. The van der Waals surface area contributed by atoms with E-state index in [1.807, 2.05) is 0 Å². The molecule has 0 aliphatic carbocycles. The second kappa shape index (κ2) is 8.89. The van der Waals surface area contributed by atoms with Crippen LogP contribution in [0.1, 0.15) is 11.8 Å². The molecule has 0 saturated carbocycles. The van der Waals surface area contributed by atoms with Gasteiger partial charge in [0, 0.05) is 11.6 Å². The molecule has 1 aliphatic heterocycles. The van der Waals surface area contributed by atoms with E-state index in [9.17, 15) is 19.9 Å². The molecule has 2 aromatic heterocycles. The predicted molar refractivity (Wildman–Crippen MR) is 110 cm³/mol. The number of aliphatic hydroxyl groups excluding tert-OH is 3. The summed E-state index contributed by atoms with van der Waals surface area (Å²) >= 11 is 6.00. The van der Waals surface area contributed by atoms with Crippen molar-refractivity contribution in [1.29, 1.82) is 0 Å². The molecule has 172 valence electrons. The third kappa shape index (κ3) is 4.70. The average molecular weight is 488 g/mol. The monoisotopic (exact) mass is 487 g/mol. The first-order chi connectivity index (χ1) is 15.2. The molecule has 32 heavy (non-hydrogen) atoms. The highest BCUT2D eigenvalue weighted by Gasteiger charge is 2.44. The highest BCUT2D eigenvalue weighted by Crippen LogP contribution is 2.39. The molecule has 4 rings (SSSR count). The van der Waals surface area contributed by atoms with Crippen LogP contribution in [0.25, 0.3) is 11.2 Å². The number of aliphatic hydroxyl groups is 3. The Hall–Kier alpha value is -2.35. The zero-order valence-corrected chi connectivity index (χ0v) is 17.8. The lowest BCUT2D eigenvalue weighted by atomic mass is 10.1. The molecule has 1 saturated heterocycles. The van der Waals surface area contributed by atoms with E-state index < -0.39 is 39.0 Å². The summed E-state index contributed by atoms with van der Waals surface area (Å²) in [6.45, 7) is -0.304. The van der Waals surface area contributed by atoms with Gasteiger partial charge in [0.15, 0.2) is 23.2 Å². The summed E-state index contributed by atoms with van der Waals surface area (Å²) in [5, 5.41) is 32.8. The van der Waals surface area contributed by atoms with Crippen molar-refractivity contribution in [2.45, 2.75) is 31.1 Å². The van der Waals surface area contributed by atoms with E-state index in [1.165, 1.54) is 29.4 Å². The van der Waals surface area contributed by atoms with Gasteiger partial charge in [0.1, 0.15) is 30.4 Å². The minimum Gasteiger partial charge on any atom is -0.404 e. The van der Waals surface area contributed by atoms with Crippen LogP contribution < -0.4 is 9.84 Å². The first-order valence-corrected chi connectivity index (χ1v) is 11.2. The Labute approximate surface area is 185 Å². The number of imidazole rings is 1. The molecule has 3 heterocycles. The van der Waals surface area contributed by atoms with Gasteiger partial charge < -0.3 is 29.9 Å². The quantitative estimate of drug-likeness (QED) is 0.248. The number of halogens is 1. The molecule has 6 N–H and O–H groups in total. The number of anilines is 1. The van der Waals surface area contributed by atoms with Crippen LogP contribution in [0.5, 0.6) is 5.75 Å². The summed E-state index contributed by atoms with van der Waals surface area (Å²) in [6, 6.07) is 4.26. The van der Waals surface area contributed by atoms with Gasteiger partial charge in [-0.3, -0.25) is 14.4 Å². The van der Waals surface area contributed by atoms with Crippen molar-refractivity contribution in [2.75, 3.05) is 11.9 Å². The molecule has 1 aliphatic rings. The number of fused-ring (bicyclic) bond motifs is 1. The smallest absolute Gasteiger partial charge is 0.404 e. The number of benzene rings is 1. The summed E-state index contributed by atoms with van der Waals surface area (Å²) in [6.07, 6.45) is -1.88. The molecule has 3 aromatic rings. The van der Waals surface area contributed by atoms with E-state index >= 15 is 0 Å². The number of nitrogens with one attached hydrogen (secondary N) is 1. The maximum absolute atomic E-state index is 11.1. The number of nitrogens with zero attached hydrogens (tertiary/aromatic N) is 4. The lowest BCUT2D eigenvalue weighted by molar-refractivity contribution is -0.0511. The van der Waals surface area contributed by atoms with Gasteiger partial charge in [-0.05, 0) is 23.8 Å². The molecular formula is C17H19ClN5O8P. The first-order valence-electron chi connectivity index (χ1n) is 9.25. The van der Waals surface area contributed by atoms with Crippen LogP contribution in [0.3, 0.4) is 0 Å². The predicted octanol–water partition coefficient (Wildman–Crippen LogP) is 0.175. The van der Waals surface area contributed by atoms with E-state index in [0.29, 0.717) is 22.5 Å². The van der Waals surface area contributed by atoms with Crippen LogP contribution >= 0.6 is 19.4 Å². The first kappa shape index (κ1) is 22.8. The Balaban J connectivity index is 1.56. The minimum absolute atomic E-state index is 0.0934. The Morgan fingerprint density at radius 1 is 1.19 bits per heavy atom. The number of ether oxygens (including phenoxy) is 1. The van der Waals surface area contributed by atoms with Crippen LogP contribution in [-0.2, 0) is 15.8 Å². The van der Waals surface area contributed by atoms with Crippen molar-refractivity contribution in [1.82, 2.24) is 19.5 Å². The van der Waals surface area contributed by atoms with Gasteiger partial charge in [-0.25, -0.2) is 19.5 Å². The van der Waals surface area contributed by atoms with Gasteiger partial charge in [0.2, 0.25) is 0 Å². The Morgan fingerprint density at radius 2 is 1.97 bits per heavy atom. The third-order valence-corrected chi connectivity index (χ3v) is 5.43. The lowest BCUT2D eigenvalue weighted by Crippen LogP contribution is -2.33. The van der Waals surface area contributed by atoms with Crippen LogP contribution in [0.2, 0.25) is 5.02 Å². The Kier molecular flexibility index (Phi) is 6.34. The van der Waals surface area contributed by atoms with Crippen LogP contribution in [0, 0.1) is 0 Å². The highest BCUT2D eigenvalue weighted by molar-refractivity contribution is 7.46. The number of hydrogen-bond donors (Lipinski definition) is 6. The second-order valence-electron chi connectivity index (χ2n) is 7.01. The molecule has 1 fully saturated rings. The van der Waals surface area contributed by atoms with E-state index in [-0.39, 0.29) is 17.3 Å². The normalized spacial score (nSPS) is 23.6. The summed E-state index contributed by atoms with van der Waals surface area (Å²) in [4.78, 5) is 30.5. The molecule has 4 atom stereocenters. The van der Waals surface area contributed by atoms with Crippen molar-refractivity contribution >= 4 is 36.4 Å². The molecule has 15 heteroatoms. The van der Waals surface area contributed by atoms with Crippen molar-refractivity contribution in [3.05, 3.63) is 41.4 Å². The van der Waals surface area contributed by atoms with E-state index in [2.05, 4.69) is 24.8 Å². The summed E-state index contributed by atoms with van der Waals surface area (Å²) in [5.74, 6) is 0.238. The van der Waals surface area contributed by atoms with Crippen LogP contribution in [0.15, 0.2) is 30.9 Å². The number of aromatic nitrogens is 4. The molecule has 1 aromatic carbocycles. The number of phosphoric acid groups is 1. The largest absolute Gasteiger partial charge is 0.524 e. The molecule has 0 bridgehead atoms. The van der Waals surface area contributed by atoms with Crippen molar-refractivity contribution < 1.29 is 38.9 Å². The maximum Gasteiger partial charge on any atom is 0.524 e. The van der Waals surface area contributed by atoms with E-state index in [4.69, 9.17) is 26.1 Å². The second-order valence-corrected chi connectivity index (χ2v) is 8.61. The van der Waals surface area contributed by atoms with Crippen molar-refractivity contribution in [3.63, 3.8) is 0 Å².